The van der Waals surface area contributed by atoms with Gasteiger partial charge >= 0.3 is 0 Å². The molecule has 0 amide bonds. The fourth-order valence-corrected chi connectivity index (χ4v) is 3.38. The lowest BCUT2D eigenvalue weighted by molar-refractivity contribution is 0.145. The number of hydrogen-bond donors (Lipinski definition) is 2. The maximum Gasteiger partial charge on any atom is 0.161 e. The monoisotopic (exact) mass is 278 g/mol. The van der Waals surface area contributed by atoms with E-state index in [1.807, 2.05) is 12.1 Å². The van der Waals surface area contributed by atoms with Gasteiger partial charge < -0.3 is 9.47 Å². The molecule has 0 radical (unpaired) electrons. The highest BCUT2D eigenvalue weighted by atomic mass is 16.5. The summed E-state index contributed by atoms with van der Waals surface area (Å²) in [6.07, 6.45) is 6.30. The minimum Gasteiger partial charge on any atom is -0.493 e. The maximum atomic E-state index is 5.86. The van der Waals surface area contributed by atoms with Gasteiger partial charge in [-0.3, -0.25) is 11.3 Å². The number of hydrogen-bond acceptors (Lipinski definition) is 4. The van der Waals surface area contributed by atoms with E-state index in [0.29, 0.717) is 0 Å². The Morgan fingerprint density at radius 3 is 2.30 bits per heavy atom. The van der Waals surface area contributed by atoms with Crippen molar-refractivity contribution in [3.63, 3.8) is 0 Å². The SMILES string of the molecule is COc1ccc(C(NN)C2(C)CCCCC2)cc1OC. The molecule has 1 fully saturated rings. The lowest BCUT2D eigenvalue weighted by Gasteiger charge is -2.40. The Labute approximate surface area is 121 Å². The molecule has 4 nitrogen and oxygen atoms in total. The molecule has 1 aliphatic carbocycles. The Balaban J connectivity index is 2.31. The molecular weight excluding hydrogens is 252 g/mol. The molecule has 20 heavy (non-hydrogen) atoms. The van der Waals surface area contributed by atoms with Crippen molar-refractivity contribution >= 4 is 0 Å². The van der Waals surface area contributed by atoms with Gasteiger partial charge in [0.15, 0.2) is 11.5 Å². The van der Waals surface area contributed by atoms with Crippen molar-refractivity contribution in [2.24, 2.45) is 11.3 Å². The van der Waals surface area contributed by atoms with Gasteiger partial charge in [0, 0.05) is 0 Å². The highest BCUT2D eigenvalue weighted by Gasteiger charge is 2.36. The smallest absolute Gasteiger partial charge is 0.161 e. The molecule has 0 spiro atoms. The highest BCUT2D eigenvalue weighted by molar-refractivity contribution is 5.44. The molecule has 0 bridgehead atoms. The normalized spacial score (nSPS) is 19.4. The third-order valence-electron chi connectivity index (χ3n) is 4.60. The Hall–Kier alpha value is -1.26. The third-order valence-corrected chi connectivity index (χ3v) is 4.60. The van der Waals surface area contributed by atoms with E-state index >= 15 is 0 Å². The minimum absolute atomic E-state index is 0.141. The summed E-state index contributed by atoms with van der Waals surface area (Å²) in [5, 5.41) is 0. The summed E-state index contributed by atoms with van der Waals surface area (Å²) in [7, 11) is 3.31. The summed E-state index contributed by atoms with van der Waals surface area (Å²) >= 11 is 0. The predicted molar refractivity (Wildman–Crippen MR) is 80.8 cm³/mol. The Morgan fingerprint density at radius 1 is 1.10 bits per heavy atom. The second kappa shape index (κ2) is 6.46. The highest BCUT2D eigenvalue weighted by Crippen LogP contribution is 2.46. The number of nitrogens with one attached hydrogen (secondary N) is 1. The van der Waals surface area contributed by atoms with Crippen LogP contribution in [0.3, 0.4) is 0 Å². The Kier molecular flexibility index (Phi) is 4.89. The van der Waals surface area contributed by atoms with E-state index < -0.39 is 0 Å². The summed E-state index contributed by atoms with van der Waals surface area (Å²) < 4.78 is 10.7. The van der Waals surface area contributed by atoms with E-state index in [0.717, 1.165) is 17.1 Å². The fraction of sp³-hybridized carbons (Fsp3) is 0.625. The minimum atomic E-state index is 0.141. The van der Waals surface area contributed by atoms with Crippen LogP contribution in [0.15, 0.2) is 18.2 Å². The zero-order valence-corrected chi connectivity index (χ0v) is 12.7. The number of benzene rings is 1. The molecule has 1 aliphatic rings. The molecule has 0 aromatic heterocycles. The lowest BCUT2D eigenvalue weighted by Crippen LogP contribution is -2.41. The van der Waals surface area contributed by atoms with E-state index in [2.05, 4.69) is 18.4 Å². The quantitative estimate of drug-likeness (QED) is 0.641. The molecule has 0 aliphatic heterocycles. The van der Waals surface area contributed by atoms with Gasteiger partial charge in [-0.1, -0.05) is 32.3 Å². The van der Waals surface area contributed by atoms with Crippen LogP contribution in [-0.4, -0.2) is 14.2 Å². The van der Waals surface area contributed by atoms with Gasteiger partial charge in [-0.05, 0) is 36.0 Å². The second-order valence-corrected chi connectivity index (χ2v) is 5.93. The van der Waals surface area contributed by atoms with Crippen molar-refractivity contribution in [2.45, 2.75) is 45.1 Å². The topological polar surface area (TPSA) is 56.5 Å². The zero-order chi connectivity index (χ0) is 14.6. The molecule has 112 valence electrons. The van der Waals surface area contributed by atoms with Crippen molar-refractivity contribution in [3.05, 3.63) is 23.8 Å². The molecule has 0 saturated heterocycles. The van der Waals surface area contributed by atoms with E-state index in [-0.39, 0.29) is 11.5 Å². The van der Waals surface area contributed by atoms with Crippen LogP contribution in [0.5, 0.6) is 11.5 Å². The number of methoxy groups -OCH3 is 2. The summed E-state index contributed by atoms with van der Waals surface area (Å²) in [6.45, 7) is 2.33. The molecular formula is C16H26N2O2. The first-order chi connectivity index (χ1) is 9.64. The number of nitrogens with two attached hydrogens (primary N) is 1. The van der Waals surface area contributed by atoms with E-state index in [9.17, 15) is 0 Å². The predicted octanol–water partition coefficient (Wildman–Crippen LogP) is 3.18. The standard InChI is InChI=1S/C16H26N2O2/c1-16(9-5-4-6-10-16)15(18-17)12-7-8-13(19-2)14(11-12)20-3/h7-8,11,15,18H,4-6,9-10,17H2,1-3H3. The molecule has 0 heterocycles. The van der Waals surface area contributed by atoms with Crippen LogP contribution < -0.4 is 20.7 Å². The van der Waals surface area contributed by atoms with Gasteiger partial charge in [-0.15, -0.1) is 0 Å². The largest absolute Gasteiger partial charge is 0.493 e. The van der Waals surface area contributed by atoms with Gasteiger partial charge in [0.05, 0.1) is 20.3 Å². The number of rotatable bonds is 5. The first-order valence-electron chi connectivity index (χ1n) is 7.32. The van der Waals surface area contributed by atoms with E-state index in [1.54, 1.807) is 14.2 Å². The van der Waals surface area contributed by atoms with Gasteiger partial charge in [0.2, 0.25) is 0 Å². The van der Waals surface area contributed by atoms with Crippen molar-refractivity contribution in [1.82, 2.24) is 5.43 Å². The van der Waals surface area contributed by atoms with Crippen LogP contribution in [0, 0.1) is 5.41 Å². The van der Waals surface area contributed by atoms with Crippen LogP contribution in [-0.2, 0) is 0 Å². The molecule has 1 aromatic rings. The Bertz CT molecular complexity index is 442. The molecule has 1 atom stereocenters. The summed E-state index contributed by atoms with van der Waals surface area (Å²) in [4.78, 5) is 0. The lowest BCUT2D eigenvalue weighted by atomic mass is 9.69. The molecule has 1 unspecified atom stereocenters. The van der Waals surface area contributed by atoms with Crippen LogP contribution in [0.4, 0.5) is 0 Å². The molecule has 1 saturated carbocycles. The Morgan fingerprint density at radius 2 is 1.75 bits per heavy atom. The van der Waals surface area contributed by atoms with Crippen molar-refractivity contribution in [1.29, 1.82) is 0 Å². The molecule has 3 N–H and O–H groups in total. The van der Waals surface area contributed by atoms with Crippen LogP contribution in [0.2, 0.25) is 0 Å². The van der Waals surface area contributed by atoms with Crippen molar-refractivity contribution < 1.29 is 9.47 Å². The maximum absolute atomic E-state index is 5.86. The first kappa shape index (κ1) is 15.1. The molecule has 2 rings (SSSR count). The van der Waals surface area contributed by atoms with Crippen LogP contribution in [0.1, 0.15) is 50.6 Å². The molecule has 1 aromatic carbocycles. The van der Waals surface area contributed by atoms with E-state index in [1.165, 1.54) is 32.1 Å². The third kappa shape index (κ3) is 2.91. The van der Waals surface area contributed by atoms with Gasteiger partial charge in [0.25, 0.3) is 0 Å². The first-order valence-corrected chi connectivity index (χ1v) is 7.32. The van der Waals surface area contributed by atoms with Crippen LogP contribution in [0.25, 0.3) is 0 Å². The van der Waals surface area contributed by atoms with Gasteiger partial charge in [-0.2, -0.15) is 0 Å². The summed E-state index contributed by atoms with van der Waals surface area (Å²) in [6, 6.07) is 6.20. The second-order valence-electron chi connectivity index (χ2n) is 5.93. The van der Waals surface area contributed by atoms with Gasteiger partial charge in [-0.25, -0.2) is 0 Å². The average Bonchev–Trinajstić information content (AvgIpc) is 2.48. The fourth-order valence-electron chi connectivity index (χ4n) is 3.38. The zero-order valence-electron chi connectivity index (χ0n) is 12.7. The average molecular weight is 278 g/mol. The molecule has 4 heteroatoms. The van der Waals surface area contributed by atoms with Crippen molar-refractivity contribution in [3.8, 4) is 11.5 Å². The van der Waals surface area contributed by atoms with E-state index in [4.69, 9.17) is 15.3 Å². The van der Waals surface area contributed by atoms with Crippen molar-refractivity contribution in [2.75, 3.05) is 14.2 Å². The van der Waals surface area contributed by atoms with Gasteiger partial charge in [0.1, 0.15) is 0 Å². The summed E-state index contributed by atoms with van der Waals surface area (Å²) in [5.74, 6) is 7.37. The van der Waals surface area contributed by atoms with Crippen LogP contribution >= 0.6 is 0 Å². The summed E-state index contributed by atoms with van der Waals surface area (Å²) in [5.41, 5.74) is 4.38. The number of ether oxygens (including phenoxy) is 2. The number of hydrazine groups is 1.